The summed E-state index contributed by atoms with van der Waals surface area (Å²) in [6.45, 7) is 2.23. The molecule has 0 saturated heterocycles. The van der Waals surface area contributed by atoms with Gasteiger partial charge in [0.05, 0.1) is 5.69 Å². The monoisotopic (exact) mass is 288 g/mol. The molecular formula is C17H28N4. The first-order chi connectivity index (χ1) is 10.0. The summed E-state index contributed by atoms with van der Waals surface area (Å²) in [7, 11) is 3.74. The van der Waals surface area contributed by atoms with Gasteiger partial charge in [-0.2, -0.15) is 0 Å². The second-order valence-electron chi connectivity index (χ2n) is 5.48. The van der Waals surface area contributed by atoms with Gasteiger partial charge < -0.3 is 16.4 Å². The zero-order chi connectivity index (χ0) is 15.7. The molecule has 0 fully saturated rings. The Morgan fingerprint density at radius 2 is 1.76 bits per heavy atom. The van der Waals surface area contributed by atoms with E-state index in [-0.39, 0.29) is 0 Å². The average molecular weight is 288 g/mol. The minimum atomic E-state index is 0.414. The van der Waals surface area contributed by atoms with Crippen molar-refractivity contribution in [3.8, 4) is 0 Å². The van der Waals surface area contributed by atoms with Crippen LogP contribution in [-0.2, 0) is 6.42 Å². The Balaban J connectivity index is 2.59. The second kappa shape index (κ2) is 9.06. The van der Waals surface area contributed by atoms with Crippen molar-refractivity contribution in [3.05, 3.63) is 41.7 Å². The van der Waals surface area contributed by atoms with Crippen LogP contribution in [0.5, 0.6) is 0 Å². The van der Waals surface area contributed by atoms with Gasteiger partial charge in [-0.15, -0.1) is 0 Å². The fourth-order valence-electron chi connectivity index (χ4n) is 1.96. The lowest BCUT2D eigenvalue weighted by atomic mass is 10.1. The van der Waals surface area contributed by atoms with E-state index in [0.29, 0.717) is 11.7 Å². The summed E-state index contributed by atoms with van der Waals surface area (Å²) in [5.74, 6) is 1.00. The second-order valence-corrected chi connectivity index (χ2v) is 5.48. The van der Waals surface area contributed by atoms with Crippen LogP contribution in [0.4, 0.5) is 5.69 Å². The van der Waals surface area contributed by atoms with Crippen LogP contribution in [0.1, 0.15) is 38.2 Å². The summed E-state index contributed by atoms with van der Waals surface area (Å²) in [5.41, 5.74) is 13.9. The third kappa shape index (κ3) is 6.84. The molecule has 116 valence electrons. The van der Waals surface area contributed by atoms with E-state index in [0.717, 1.165) is 12.1 Å². The van der Waals surface area contributed by atoms with Crippen LogP contribution >= 0.6 is 0 Å². The van der Waals surface area contributed by atoms with E-state index in [1.54, 1.807) is 11.0 Å². The normalized spacial score (nSPS) is 12.5. The zero-order valence-electron chi connectivity index (χ0n) is 13.5. The van der Waals surface area contributed by atoms with E-state index in [1.807, 2.05) is 26.2 Å². The molecular weight excluding hydrogens is 260 g/mol. The predicted molar refractivity (Wildman–Crippen MR) is 91.5 cm³/mol. The van der Waals surface area contributed by atoms with Gasteiger partial charge in [-0.05, 0) is 30.5 Å². The van der Waals surface area contributed by atoms with Gasteiger partial charge in [-0.25, -0.2) is 4.99 Å². The fourth-order valence-corrected chi connectivity index (χ4v) is 1.96. The number of hydrogen-bond donors (Lipinski definition) is 2. The maximum Gasteiger partial charge on any atom is 0.127 e. The summed E-state index contributed by atoms with van der Waals surface area (Å²) in [6, 6.07) is 8.25. The number of nitrogens with two attached hydrogens (primary N) is 2. The van der Waals surface area contributed by atoms with Crippen LogP contribution in [0.3, 0.4) is 0 Å². The molecule has 0 spiro atoms. The van der Waals surface area contributed by atoms with Crippen molar-refractivity contribution in [3.63, 3.8) is 0 Å². The van der Waals surface area contributed by atoms with Gasteiger partial charge in [-0.1, -0.05) is 38.3 Å². The van der Waals surface area contributed by atoms with E-state index in [2.05, 4.69) is 24.0 Å². The average Bonchev–Trinajstić information content (AvgIpc) is 2.45. The Morgan fingerprint density at radius 3 is 2.33 bits per heavy atom. The highest BCUT2D eigenvalue weighted by molar-refractivity contribution is 5.93. The van der Waals surface area contributed by atoms with Gasteiger partial charge >= 0.3 is 0 Å². The number of nitrogens with zero attached hydrogens (tertiary/aromatic N) is 2. The van der Waals surface area contributed by atoms with Crippen molar-refractivity contribution in [2.45, 2.75) is 39.0 Å². The standard InChI is InChI=1S/C17H28N4/c1-4-5-6-7-8-14-9-11-15(12-10-14)20-16(18)13-17(19)21(2)3/h9-13H,4-8,19H2,1-3H3,(H2,18,20). The molecule has 21 heavy (non-hydrogen) atoms. The van der Waals surface area contributed by atoms with Crippen LogP contribution in [0, 0.1) is 0 Å². The molecule has 0 aliphatic rings. The molecule has 4 nitrogen and oxygen atoms in total. The molecule has 0 heterocycles. The molecule has 0 amide bonds. The Bertz CT molecular complexity index is 472. The van der Waals surface area contributed by atoms with E-state index in [9.17, 15) is 0 Å². The highest BCUT2D eigenvalue weighted by Gasteiger charge is 1.97. The summed E-state index contributed by atoms with van der Waals surface area (Å²) in [6.07, 6.45) is 7.94. The van der Waals surface area contributed by atoms with Crippen molar-refractivity contribution in [1.29, 1.82) is 0 Å². The fraction of sp³-hybridized carbons (Fsp3) is 0.471. The number of hydrogen-bond acceptors (Lipinski definition) is 3. The summed E-state index contributed by atoms with van der Waals surface area (Å²) < 4.78 is 0. The molecule has 0 aliphatic heterocycles. The quantitative estimate of drug-likeness (QED) is 0.438. The molecule has 4 heteroatoms. The molecule has 0 aliphatic carbocycles. The number of benzene rings is 1. The topological polar surface area (TPSA) is 67.6 Å². The Kier molecular flexibility index (Phi) is 7.37. The van der Waals surface area contributed by atoms with Crippen LogP contribution < -0.4 is 11.5 Å². The molecule has 0 unspecified atom stereocenters. The lowest BCUT2D eigenvalue weighted by molar-refractivity contribution is 0.506. The molecule has 1 rings (SSSR count). The van der Waals surface area contributed by atoms with E-state index in [1.165, 1.54) is 31.2 Å². The molecule has 0 aromatic heterocycles. The Hall–Kier alpha value is -1.97. The van der Waals surface area contributed by atoms with Crippen molar-refractivity contribution < 1.29 is 0 Å². The number of unbranched alkanes of at least 4 members (excludes halogenated alkanes) is 3. The third-order valence-electron chi connectivity index (χ3n) is 3.33. The van der Waals surface area contributed by atoms with Crippen molar-refractivity contribution in [2.75, 3.05) is 14.1 Å². The van der Waals surface area contributed by atoms with Crippen LogP contribution in [0.15, 0.2) is 41.2 Å². The predicted octanol–water partition coefficient (Wildman–Crippen LogP) is 3.16. The van der Waals surface area contributed by atoms with Gasteiger partial charge in [0.1, 0.15) is 11.7 Å². The first-order valence-electron chi connectivity index (χ1n) is 7.60. The first-order valence-corrected chi connectivity index (χ1v) is 7.60. The number of aryl methyl sites for hydroxylation is 1. The lowest BCUT2D eigenvalue weighted by Crippen LogP contribution is -2.21. The molecule has 0 bridgehead atoms. The Morgan fingerprint density at radius 1 is 1.10 bits per heavy atom. The highest BCUT2D eigenvalue weighted by atomic mass is 15.1. The maximum absolute atomic E-state index is 5.86. The largest absolute Gasteiger partial charge is 0.385 e. The minimum absolute atomic E-state index is 0.414. The molecule has 0 radical (unpaired) electrons. The maximum atomic E-state index is 5.86. The lowest BCUT2D eigenvalue weighted by Gasteiger charge is -2.11. The van der Waals surface area contributed by atoms with Crippen molar-refractivity contribution in [1.82, 2.24) is 4.90 Å². The molecule has 0 saturated carbocycles. The van der Waals surface area contributed by atoms with Crippen molar-refractivity contribution >= 4 is 11.5 Å². The van der Waals surface area contributed by atoms with E-state index < -0.39 is 0 Å². The summed E-state index contributed by atoms with van der Waals surface area (Å²) in [5, 5.41) is 0. The van der Waals surface area contributed by atoms with Crippen LogP contribution in [0.2, 0.25) is 0 Å². The summed E-state index contributed by atoms with van der Waals surface area (Å²) >= 11 is 0. The van der Waals surface area contributed by atoms with Crippen molar-refractivity contribution in [2.24, 2.45) is 16.5 Å². The minimum Gasteiger partial charge on any atom is -0.385 e. The molecule has 1 aromatic carbocycles. The van der Waals surface area contributed by atoms with Gasteiger partial charge in [0.15, 0.2) is 0 Å². The van der Waals surface area contributed by atoms with Gasteiger partial charge in [0.2, 0.25) is 0 Å². The Labute approximate surface area is 128 Å². The third-order valence-corrected chi connectivity index (χ3v) is 3.33. The molecule has 0 atom stereocenters. The number of rotatable bonds is 8. The van der Waals surface area contributed by atoms with Gasteiger partial charge in [0.25, 0.3) is 0 Å². The first kappa shape index (κ1) is 17.1. The SMILES string of the molecule is CCCCCCc1ccc(N=C(N)C=C(N)N(C)C)cc1. The van der Waals surface area contributed by atoms with E-state index in [4.69, 9.17) is 11.5 Å². The van der Waals surface area contributed by atoms with Crippen LogP contribution in [0.25, 0.3) is 0 Å². The smallest absolute Gasteiger partial charge is 0.127 e. The number of aliphatic imine (C=N–C) groups is 1. The van der Waals surface area contributed by atoms with Gasteiger partial charge in [-0.3, -0.25) is 0 Å². The summed E-state index contributed by atoms with van der Waals surface area (Å²) in [4.78, 5) is 6.14. The zero-order valence-corrected chi connectivity index (χ0v) is 13.5. The number of amidine groups is 1. The molecule has 4 N–H and O–H groups in total. The van der Waals surface area contributed by atoms with Crippen LogP contribution in [-0.4, -0.2) is 24.8 Å². The molecule has 1 aromatic rings. The van der Waals surface area contributed by atoms with Gasteiger partial charge in [0, 0.05) is 20.2 Å². The van der Waals surface area contributed by atoms with E-state index >= 15 is 0 Å². The highest BCUT2D eigenvalue weighted by Crippen LogP contribution is 2.15.